The predicted octanol–water partition coefficient (Wildman–Crippen LogP) is 4.11. The predicted molar refractivity (Wildman–Crippen MR) is 135 cm³/mol. The first-order valence-electron chi connectivity index (χ1n) is 12.2. The first-order valence-corrected chi connectivity index (χ1v) is 12.2. The Balaban J connectivity index is 1.46. The third kappa shape index (κ3) is 4.89. The van der Waals surface area contributed by atoms with Gasteiger partial charge >= 0.3 is 0 Å². The Hall–Kier alpha value is -4.28. The molecule has 10 heteroatoms. The molecule has 9 nitrogen and oxygen atoms in total. The fourth-order valence-electron chi connectivity index (χ4n) is 4.72. The lowest BCUT2D eigenvalue weighted by Crippen LogP contribution is -2.35. The summed E-state index contributed by atoms with van der Waals surface area (Å²) >= 11 is 0. The molecule has 1 atom stereocenters. The Labute approximate surface area is 214 Å². The molecule has 188 valence electrons. The second-order valence-electron chi connectivity index (χ2n) is 9.09. The van der Waals surface area contributed by atoms with Crippen molar-refractivity contribution in [3.05, 3.63) is 59.6 Å². The zero-order chi connectivity index (χ0) is 25.9. The van der Waals surface area contributed by atoms with Crippen LogP contribution in [-0.4, -0.2) is 53.9 Å². The smallest absolute Gasteiger partial charge is 0.201 e. The van der Waals surface area contributed by atoms with Crippen LogP contribution >= 0.6 is 0 Å². The molecule has 5 rings (SSSR count). The van der Waals surface area contributed by atoms with E-state index in [1.54, 1.807) is 10.5 Å². The van der Waals surface area contributed by atoms with Gasteiger partial charge in [-0.2, -0.15) is 5.26 Å². The van der Waals surface area contributed by atoms with Crippen LogP contribution in [0.15, 0.2) is 36.7 Å². The fourth-order valence-corrected chi connectivity index (χ4v) is 4.72. The highest BCUT2D eigenvalue weighted by Gasteiger charge is 2.25. The number of imidazole rings is 1. The molecule has 0 aliphatic carbocycles. The van der Waals surface area contributed by atoms with E-state index >= 15 is 0 Å². The van der Waals surface area contributed by atoms with E-state index in [4.69, 9.17) is 4.74 Å². The van der Waals surface area contributed by atoms with Crippen molar-refractivity contribution in [2.75, 3.05) is 19.6 Å². The highest BCUT2D eigenvalue weighted by Crippen LogP contribution is 2.32. The number of likely N-dealkylation sites (tertiary alicyclic amines) is 1. The monoisotopic (exact) mass is 498 g/mol. The van der Waals surface area contributed by atoms with Crippen molar-refractivity contribution in [3.8, 4) is 35.0 Å². The molecule has 0 amide bonds. The van der Waals surface area contributed by atoms with E-state index in [1.165, 1.54) is 12.3 Å². The van der Waals surface area contributed by atoms with Gasteiger partial charge in [-0.15, -0.1) is 11.0 Å². The number of aromatic nitrogens is 6. The van der Waals surface area contributed by atoms with Crippen molar-refractivity contribution >= 4 is 5.65 Å². The minimum atomic E-state index is -0.493. The molecule has 1 aliphatic rings. The van der Waals surface area contributed by atoms with Gasteiger partial charge in [-0.3, -0.25) is 14.3 Å². The summed E-state index contributed by atoms with van der Waals surface area (Å²) in [5.74, 6) is 6.10. The summed E-state index contributed by atoms with van der Waals surface area (Å²) in [5.41, 5.74) is 3.95. The maximum absolute atomic E-state index is 13.4. The topological polar surface area (TPSA) is 97.2 Å². The van der Waals surface area contributed by atoms with Gasteiger partial charge in [0.1, 0.15) is 35.0 Å². The molecular formula is C27H27FN8O. The molecule has 1 aliphatic heterocycles. The molecule has 0 unspecified atom stereocenters. The second-order valence-corrected chi connectivity index (χ2v) is 9.09. The van der Waals surface area contributed by atoms with Gasteiger partial charge in [0.05, 0.1) is 36.4 Å². The molecule has 0 aromatic carbocycles. The first-order chi connectivity index (χ1) is 18.0. The number of hydrogen-bond donors (Lipinski definition) is 0. The third-order valence-electron chi connectivity index (χ3n) is 6.74. The summed E-state index contributed by atoms with van der Waals surface area (Å²) in [6.07, 6.45) is 4.13. The SMILES string of the molecule is CC#CCN1CCC(n2nnc(-c3cc(O[C@H](C)c4ccc(F)cn4)n4c(C#N)cnc4c3)c2C)CC1. The zero-order valence-corrected chi connectivity index (χ0v) is 21.0. The molecule has 37 heavy (non-hydrogen) atoms. The standard InChI is InChI=1S/C27H27FN8O/c1-4-5-10-34-11-8-22(9-12-34)36-18(2)27(32-33-36)20-13-25-31-17-23(15-29)35(25)26(14-20)37-19(3)24-7-6-21(28)16-30-24/h6-7,13-14,16-17,19,22H,8-12H2,1-3H3/t19-/m1/s1. The van der Waals surface area contributed by atoms with Gasteiger partial charge < -0.3 is 4.74 Å². The van der Waals surface area contributed by atoms with E-state index in [0.29, 0.717) is 22.9 Å². The molecule has 4 aromatic rings. The van der Waals surface area contributed by atoms with E-state index < -0.39 is 11.9 Å². The van der Waals surface area contributed by atoms with Crippen LogP contribution in [0.5, 0.6) is 5.88 Å². The molecule has 4 aromatic heterocycles. The van der Waals surface area contributed by atoms with Crippen molar-refractivity contribution in [2.45, 2.75) is 45.8 Å². The van der Waals surface area contributed by atoms with Gasteiger partial charge in [-0.05, 0) is 51.8 Å². The molecule has 1 saturated heterocycles. The summed E-state index contributed by atoms with van der Waals surface area (Å²) in [4.78, 5) is 10.9. The van der Waals surface area contributed by atoms with Crippen molar-refractivity contribution < 1.29 is 9.13 Å². The summed E-state index contributed by atoms with van der Waals surface area (Å²) in [6, 6.07) is 9.06. The van der Waals surface area contributed by atoms with Crippen LogP contribution in [0.2, 0.25) is 0 Å². The van der Waals surface area contributed by atoms with Gasteiger partial charge in [-0.25, -0.2) is 14.1 Å². The molecule has 1 fully saturated rings. The highest BCUT2D eigenvalue weighted by atomic mass is 19.1. The van der Waals surface area contributed by atoms with Crippen LogP contribution in [0.4, 0.5) is 4.39 Å². The van der Waals surface area contributed by atoms with Gasteiger partial charge in [0.15, 0.2) is 0 Å². The van der Waals surface area contributed by atoms with Gasteiger partial charge in [0, 0.05) is 24.7 Å². The summed E-state index contributed by atoms with van der Waals surface area (Å²) in [5, 5.41) is 18.6. The first kappa shape index (κ1) is 24.4. The molecule has 0 bridgehead atoms. The Kier molecular flexibility index (Phi) is 6.85. The van der Waals surface area contributed by atoms with Crippen molar-refractivity contribution in [2.24, 2.45) is 0 Å². The quantitative estimate of drug-likeness (QED) is 0.369. The number of ether oxygens (including phenoxy) is 1. The summed E-state index contributed by atoms with van der Waals surface area (Å²) < 4.78 is 23.3. The normalized spacial score (nSPS) is 15.2. The van der Waals surface area contributed by atoms with Crippen LogP contribution in [0.1, 0.15) is 55.9 Å². The zero-order valence-electron chi connectivity index (χ0n) is 21.0. The molecule has 0 spiro atoms. The number of halogens is 1. The van der Waals surface area contributed by atoms with Crippen LogP contribution in [0, 0.1) is 35.9 Å². The van der Waals surface area contributed by atoms with E-state index in [9.17, 15) is 9.65 Å². The second kappa shape index (κ2) is 10.4. The highest BCUT2D eigenvalue weighted by molar-refractivity contribution is 5.68. The lowest BCUT2D eigenvalue weighted by Gasteiger charge is -2.30. The Bertz CT molecular complexity index is 1510. The van der Waals surface area contributed by atoms with Crippen LogP contribution in [-0.2, 0) is 0 Å². The van der Waals surface area contributed by atoms with Gasteiger partial charge in [0.25, 0.3) is 0 Å². The fraction of sp³-hybridized carbons (Fsp3) is 0.370. The Morgan fingerprint density at radius 3 is 2.70 bits per heavy atom. The van der Waals surface area contributed by atoms with Crippen molar-refractivity contribution in [3.63, 3.8) is 0 Å². The Morgan fingerprint density at radius 1 is 1.19 bits per heavy atom. The molecule has 0 N–H and O–H groups in total. The van der Waals surface area contributed by atoms with Crippen LogP contribution in [0.25, 0.3) is 16.9 Å². The number of fused-ring (bicyclic) bond motifs is 1. The van der Waals surface area contributed by atoms with E-state index in [2.05, 4.69) is 43.1 Å². The number of hydrogen-bond acceptors (Lipinski definition) is 7. The molecular weight excluding hydrogens is 471 g/mol. The minimum absolute atomic E-state index is 0.271. The summed E-state index contributed by atoms with van der Waals surface area (Å²) in [6.45, 7) is 8.45. The molecule has 5 heterocycles. The van der Waals surface area contributed by atoms with Gasteiger partial charge in [-0.1, -0.05) is 11.1 Å². The minimum Gasteiger partial charge on any atom is -0.469 e. The van der Waals surface area contributed by atoms with Crippen LogP contribution < -0.4 is 4.74 Å². The average Bonchev–Trinajstić information content (AvgIpc) is 3.51. The third-order valence-corrected chi connectivity index (χ3v) is 6.74. The Morgan fingerprint density at radius 2 is 2.00 bits per heavy atom. The van der Waals surface area contributed by atoms with Crippen molar-refractivity contribution in [1.29, 1.82) is 5.26 Å². The lowest BCUT2D eigenvalue weighted by atomic mass is 10.0. The average molecular weight is 499 g/mol. The van der Waals surface area contributed by atoms with Gasteiger partial charge in [0.2, 0.25) is 5.88 Å². The molecule has 0 saturated carbocycles. The number of nitriles is 1. The van der Waals surface area contributed by atoms with Crippen LogP contribution in [0.3, 0.4) is 0 Å². The number of rotatable bonds is 6. The van der Waals surface area contributed by atoms with Crippen molar-refractivity contribution in [1.82, 2.24) is 34.3 Å². The number of nitrogens with zero attached hydrogens (tertiary/aromatic N) is 8. The summed E-state index contributed by atoms with van der Waals surface area (Å²) in [7, 11) is 0. The maximum atomic E-state index is 13.4. The van der Waals surface area contributed by atoms with E-state index in [1.807, 2.05) is 37.6 Å². The van der Waals surface area contributed by atoms with E-state index in [0.717, 1.165) is 55.6 Å². The molecule has 0 radical (unpaired) electrons. The number of pyridine rings is 2. The number of piperidine rings is 1. The maximum Gasteiger partial charge on any atom is 0.201 e. The largest absolute Gasteiger partial charge is 0.469 e. The lowest BCUT2D eigenvalue weighted by molar-refractivity contribution is 0.194. The van der Waals surface area contributed by atoms with E-state index in [-0.39, 0.29) is 6.04 Å².